The molecule has 0 fully saturated rings. The Kier molecular flexibility index (Phi) is 8.09. The molecule has 0 aliphatic heterocycles. The van der Waals surface area contributed by atoms with Crippen molar-refractivity contribution in [1.82, 2.24) is 15.6 Å². The van der Waals surface area contributed by atoms with Crippen molar-refractivity contribution in [2.75, 3.05) is 20.2 Å². The van der Waals surface area contributed by atoms with Crippen molar-refractivity contribution in [3.63, 3.8) is 0 Å². The lowest BCUT2D eigenvalue weighted by atomic mass is 10.2. The minimum atomic E-state index is -0.0474. The number of nitrogens with one attached hydrogen (secondary N) is 2. The number of carbonyl (C=O) groups is 1. The van der Waals surface area contributed by atoms with Gasteiger partial charge < -0.3 is 15.4 Å². The fraction of sp³-hybridized carbons (Fsp3) is 0.455. The van der Waals surface area contributed by atoms with Crippen molar-refractivity contribution in [1.29, 1.82) is 0 Å². The molecule has 0 aromatic carbocycles. The van der Waals surface area contributed by atoms with Crippen molar-refractivity contribution in [3.8, 4) is 5.88 Å². The van der Waals surface area contributed by atoms with Crippen LogP contribution in [0.1, 0.15) is 12.5 Å². The molecule has 0 saturated heterocycles. The largest absolute Gasteiger partial charge is 0.478 e. The molecule has 0 unspecified atom stereocenters. The molecule has 0 aliphatic rings. The molecular weight excluding hydrogens is 242 g/mol. The molecule has 0 bridgehead atoms. The molecule has 1 amide bonds. The van der Waals surface area contributed by atoms with Gasteiger partial charge in [0.25, 0.3) is 0 Å². The number of rotatable bonds is 6. The number of amides is 1. The lowest BCUT2D eigenvalue weighted by Crippen LogP contribution is -2.31. The Hall–Kier alpha value is -1.33. The fourth-order valence-corrected chi connectivity index (χ4v) is 1.24. The number of aromatic nitrogens is 1. The first-order chi connectivity index (χ1) is 7.77. The number of pyridine rings is 1. The second kappa shape index (κ2) is 8.78. The van der Waals surface area contributed by atoms with Crippen LogP contribution >= 0.6 is 12.4 Å². The van der Waals surface area contributed by atoms with Gasteiger partial charge in [-0.25, -0.2) is 4.98 Å². The van der Waals surface area contributed by atoms with E-state index in [-0.39, 0.29) is 18.3 Å². The average Bonchev–Trinajstić information content (AvgIpc) is 2.29. The Labute approximate surface area is 107 Å². The number of ether oxygens (including phenoxy) is 1. The Balaban J connectivity index is 0.00000256. The highest BCUT2D eigenvalue weighted by Gasteiger charge is 2.05. The second-order valence-corrected chi connectivity index (χ2v) is 3.21. The first-order valence-corrected chi connectivity index (χ1v) is 5.26. The highest BCUT2D eigenvalue weighted by atomic mass is 35.5. The van der Waals surface area contributed by atoms with E-state index in [1.54, 1.807) is 13.2 Å². The summed E-state index contributed by atoms with van der Waals surface area (Å²) in [6.07, 6.45) is 1.67. The molecule has 96 valence electrons. The van der Waals surface area contributed by atoms with Crippen molar-refractivity contribution in [2.45, 2.75) is 13.5 Å². The summed E-state index contributed by atoms with van der Waals surface area (Å²) in [7, 11) is 1.73. The molecule has 0 aliphatic carbocycles. The van der Waals surface area contributed by atoms with E-state index in [0.717, 1.165) is 5.56 Å². The van der Waals surface area contributed by atoms with Crippen LogP contribution in [0, 0.1) is 0 Å². The predicted octanol–water partition coefficient (Wildman–Crippen LogP) is 0.738. The van der Waals surface area contributed by atoms with E-state index in [1.165, 1.54) is 0 Å². The molecule has 0 atom stereocenters. The van der Waals surface area contributed by atoms with E-state index >= 15 is 0 Å². The maximum absolute atomic E-state index is 11.3. The maximum Gasteiger partial charge on any atom is 0.234 e. The number of hydrogen-bond donors (Lipinski definition) is 2. The summed E-state index contributed by atoms with van der Waals surface area (Å²) in [6.45, 7) is 3.21. The van der Waals surface area contributed by atoms with Crippen LogP contribution in [0.15, 0.2) is 18.3 Å². The molecule has 17 heavy (non-hydrogen) atoms. The highest BCUT2D eigenvalue weighted by Crippen LogP contribution is 2.13. The molecule has 2 N–H and O–H groups in total. The normalized spacial score (nSPS) is 9.29. The monoisotopic (exact) mass is 259 g/mol. The van der Waals surface area contributed by atoms with Crippen LogP contribution < -0.4 is 15.4 Å². The van der Waals surface area contributed by atoms with Crippen LogP contribution in [0.25, 0.3) is 0 Å². The average molecular weight is 260 g/mol. The van der Waals surface area contributed by atoms with Gasteiger partial charge in [0.15, 0.2) is 0 Å². The molecule has 6 heteroatoms. The van der Waals surface area contributed by atoms with E-state index < -0.39 is 0 Å². The van der Waals surface area contributed by atoms with Crippen LogP contribution in [0.2, 0.25) is 0 Å². The third-order valence-electron chi connectivity index (χ3n) is 1.94. The standard InChI is InChI=1S/C11H17N3O2.ClH/c1-3-16-11-9(5-4-6-13-11)7-14-10(15)8-12-2;/h4-6,12H,3,7-8H2,1-2H3,(H,14,15);1H. The van der Waals surface area contributed by atoms with Crippen molar-refractivity contribution < 1.29 is 9.53 Å². The lowest BCUT2D eigenvalue weighted by molar-refractivity contribution is -0.120. The van der Waals surface area contributed by atoms with Gasteiger partial charge in [-0.05, 0) is 20.0 Å². The molecule has 5 nitrogen and oxygen atoms in total. The summed E-state index contributed by atoms with van der Waals surface area (Å²) >= 11 is 0. The summed E-state index contributed by atoms with van der Waals surface area (Å²) < 4.78 is 5.35. The number of nitrogens with zero attached hydrogens (tertiary/aromatic N) is 1. The van der Waals surface area contributed by atoms with Gasteiger partial charge in [-0.15, -0.1) is 12.4 Å². The molecule has 1 heterocycles. The zero-order valence-corrected chi connectivity index (χ0v) is 10.8. The van der Waals surface area contributed by atoms with Gasteiger partial charge in [-0.3, -0.25) is 4.79 Å². The summed E-state index contributed by atoms with van der Waals surface area (Å²) in [4.78, 5) is 15.4. The SMILES string of the molecule is CCOc1ncccc1CNC(=O)CNC.Cl. The fourth-order valence-electron chi connectivity index (χ4n) is 1.24. The van der Waals surface area contributed by atoms with Crippen LogP contribution in [-0.4, -0.2) is 31.1 Å². The zero-order chi connectivity index (χ0) is 11.8. The Morgan fingerprint density at radius 1 is 1.53 bits per heavy atom. The third kappa shape index (κ3) is 5.51. The van der Waals surface area contributed by atoms with E-state index in [1.807, 2.05) is 19.1 Å². The van der Waals surface area contributed by atoms with Gasteiger partial charge in [-0.1, -0.05) is 6.07 Å². The quantitative estimate of drug-likeness (QED) is 0.791. The first kappa shape index (κ1) is 15.7. The van der Waals surface area contributed by atoms with Crippen molar-refractivity contribution in [3.05, 3.63) is 23.9 Å². The summed E-state index contributed by atoms with van der Waals surface area (Å²) in [5.41, 5.74) is 0.883. The molecule has 1 rings (SSSR count). The van der Waals surface area contributed by atoms with E-state index in [4.69, 9.17) is 4.74 Å². The van der Waals surface area contributed by atoms with Crippen LogP contribution in [0.3, 0.4) is 0 Å². The van der Waals surface area contributed by atoms with Crippen LogP contribution in [0.4, 0.5) is 0 Å². The Bertz CT molecular complexity index is 347. The van der Waals surface area contributed by atoms with Gasteiger partial charge >= 0.3 is 0 Å². The third-order valence-corrected chi connectivity index (χ3v) is 1.94. The number of hydrogen-bond acceptors (Lipinski definition) is 4. The van der Waals surface area contributed by atoms with Crippen molar-refractivity contribution >= 4 is 18.3 Å². The molecule has 1 aromatic rings. The maximum atomic E-state index is 11.3. The van der Waals surface area contributed by atoms with Crippen molar-refractivity contribution in [2.24, 2.45) is 0 Å². The number of likely N-dealkylation sites (N-methyl/N-ethyl adjacent to an activating group) is 1. The Morgan fingerprint density at radius 2 is 2.29 bits per heavy atom. The highest BCUT2D eigenvalue weighted by molar-refractivity contribution is 5.85. The Morgan fingerprint density at radius 3 is 2.94 bits per heavy atom. The predicted molar refractivity (Wildman–Crippen MR) is 68.4 cm³/mol. The van der Waals surface area contributed by atoms with Crippen LogP contribution in [0.5, 0.6) is 5.88 Å². The minimum absolute atomic E-state index is 0. The molecule has 0 spiro atoms. The number of carbonyl (C=O) groups excluding carboxylic acids is 1. The summed E-state index contributed by atoms with van der Waals surface area (Å²) in [5.74, 6) is 0.531. The molecule has 0 saturated carbocycles. The van der Waals surface area contributed by atoms with Crippen LogP contribution in [-0.2, 0) is 11.3 Å². The van der Waals surface area contributed by atoms with Gasteiger partial charge in [0.2, 0.25) is 11.8 Å². The van der Waals surface area contributed by atoms with Gasteiger partial charge in [0.05, 0.1) is 13.2 Å². The van der Waals surface area contributed by atoms with E-state index in [9.17, 15) is 4.79 Å². The van der Waals surface area contributed by atoms with Gasteiger partial charge in [0, 0.05) is 18.3 Å². The molecule has 0 radical (unpaired) electrons. The second-order valence-electron chi connectivity index (χ2n) is 3.21. The van der Waals surface area contributed by atoms with Gasteiger partial charge in [0.1, 0.15) is 0 Å². The van der Waals surface area contributed by atoms with Gasteiger partial charge in [-0.2, -0.15) is 0 Å². The minimum Gasteiger partial charge on any atom is -0.478 e. The smallest absolute Gasteiger partial charge is 0.234 e. The number of halogens is 1. The summed E-state index contributed by atoms with van der Waals surface area (Å²) in [5, 5.41) is 5.56. The summed E-state index contributed by atoms with van der Waals surface area (Å²) in [6, 6.07) is 3.71. The molecular formula is C11H18ClN3O2. The van der Waals surface area contributed by atoms with E-state index in [0.29, 0.717) is 25.6 Å². The molecule has 1 aromatic heterocycles. The van der Waals surface area contributed by atoms with E-state index in [2.05, 4.69) is 15.6 Å². The first-order valence-electron chi connectivity index (χ1n) is 5.26. The lowest BCUT2D eigenvalue weighted by Gasteiger charge is -2.09. The topological polar surface area (TPSA) is 63.2 Å². The zero-order valence-electron chi connectivity index (χ0n) is 10.0.